The minimum Gasteiger partial charge on any atom is -0.425 e. The van der Waals surface area contributed by atoms with Crippen LogP contribution in [0.2, 0.25) is 5.02 Å². The molecule has 7 nitrogen and oxygen atoms in total. The van der Waals surface area contributed by atoms with Gasteiger partial charge in [0.1, 0.15) is 5.75 Å². The van der Waals surface area contributed by atoms with E-state index in [0.717, 1.165) is 5.56 Å². The van der Waals surface area contributed by atoms with Crippen LogP contribution in [0.3, 0.4) is 0 Å². The van der Waals surface area contributed by atoms with Crippen molar-refractivity contribution in [3.63, 3.8) is 0 Å². The predicted molar refractivity (Wildman–Crippen MR) is 107 cm³/mol. The highest BCUT2D eigenvalue weighted by molar-refractivity contribution is 6.30. The monoisotopic (exact) mass is 396 g/mol. The van der Waals surface area contributed by atoms with Crippen LogP contribution in [-0.2, 0) is 20.6 Å². The van der Waals surface area contributed by atoms with Gasteiger partial charge < -0.3 is 4.74 Å². The second-order valence-corrected chi connectivity index (χ2v) is 6.84. The molecule has 0 radical (unpaired) electrons. The highest BCUT2D eigenvalue weighted by atomic mass is 35.5. The quantitative estimate of drug-likeness (QED) is 0.531. The number of benzene rings is 2. The van der Waals surface area contributed by atoms with E-state index in [9.17, 15) is 9.59 Å². The molecule has 142 valence electrons. The zero-order valence-corrected chi connectivity index (χ0v) is 16.1. The van der Waals surface area contributed by atoms with Crippen molar-refractivity contribution in [2.45, 2.75) is 6.54 Å². The number of aromatic nitrogens is 4. The number of imidazole rings is 1. The van der Waals surface area contributed by atoms with E-state index in [1.54, 1.807) is 55.1 Å². The molecule has 0 N–H and O–H groups in total. The molecule has 0 aliphatic rings. The first-order valence-electron chi connectivity index (χ1n) is 8.59. The summed E-state index contributed by atoms with van der Waals surface area (Å²) in [4.78, 5) is 30.2. The Balaban J connectivity index is 1.85. The summed E-state index contributed by atoms with van der Waals surface area (Å²) in [5.74, 6) is 0.590. The highest BCUT2D eigenvalue weighted by Crippen LogP contribution is 2.22. The number of halogens is 1. The fourth-order valence-corrected chi connectivity index (χ4v) is 3.15. The second-order valence-electron chi connectivity index (χ2n) is 6.40. The van der Waals surface area contributed by atoms with Gasteiger partial charge in [-0.3, -0.25) is 18.5 Å². The molecular formula is C20H17ClN4O3. The second kappa shape index (κ2) is 7.01. The largest absolute Gasteiger partial charge is 0.425 e. The Labute approximate surface area is 165 Å². The Morgan fingerprint density at radius 2 is 1.64 bits per heavy atom. The summed E-state index contributed by atoms with van der Waals surface area (Å²) in [6.45, 7) is 0.138. The molecule has 2 heterocycles. The van der Waals surface area contributed by atoms with E-state index in [-0.39, 0.29) is 18.2 Å². The molecule has 0 aliphatic carbocycles. The standard InChI is InChI=1S/C20H17ClN4O3/c1-23-16-17(22-19(23)28-15-6-4-3-5-7-15)24(2)20(27)25(18(16)26)12-13-8-10-14(21)11-9-13/h3-11H,12H2,1-2H3. The lowest BCUT2D eigenvalue weighted by atomic mass is 10.2. The molecule has 0 saturated heterocycles. The minimum atomic E-state index is -0.447. The topological polar surface area (TPSA) is 71.1 Å². The molecule has 4 rings (SSSR count). The molecule has 0 aliphatic heterocycles. The molecule has 2 aromatic carbocycles. The third kappa shape index (κ3) is 3.10. The Kier molecular flexibility index (Phi) is 4.52. The predicted octanol–water partition coefficient (Wildman–Crippen LogP) is 2.93. The van der Waals surface area contributed by atoms with Gasteiger partial charge in [-0.1, -0.05) is 41.9 Å². The lowest BCUT2D eigenvalue weighted by Crippen LogP contribution is -2.39. The molecule has 4 aromatic rings. The summed E-state index contributed by atoms with van der Waals surface area (Å²) in [5, 5.41) is 0.591. The van der Waals surface area contributed by atoms with Gasteiger partial charge in [-0.05, 0) is 29.8 Å². The van der Waals surface area contributed by atoms with Crippen LogP contribution in [0, 0.1) is 0 Å². The maximum Gasteiger partial charge on any atom is 0.332 e. The van der Waals surface area contributed by atoms with Crippen LogP contribution < -0.4 is 16.0 Å². The van der Waals surface area contributed by atoms with Gasteiger partial charge in [0.25, 0.3) is 5.56 Å². The number of nitrogens with zero attached hydrogens (tertiary/aromatic N) is 4. The van der Waals surface area contributed by atoms with Crippen LogP contribution in [-0.4, -0.2) is 18.7 Å². The van der Waals surface area contributed by atoms with Gasteiger partial charge in [-0.15, -0.1) is 0 Å². The summed E-state index contributed by atoms with van der Waals surface area (Å²) in [6, 6.07) is 16.4. The fourth-order valence-electron chi connectivity index (χ4n) is 3.02. The average molecular weight is 397 g/mol. The Bertz CT molecular complexity index is 1270. The van der Waals surface area contributed by atoms with Crippen molar-refractivity contribution in [1.29, 1.82) is 0 Å². The van der Waals surface area contributed by atoms with Crippen molar-refractivity contribution < 1.29 is 4.74 Å². The minimum absolute atomic E-state index is 0.138. The average Bonchev–Trinajstić information content (AvgIpc) is 3.02. The zero-order valence-electron chi connectivity index (χ0n) is 15.3. The zero-order chi connectivity index (χ0) is 19.8. The summed E-state index contributed by atoms with van der Waals surface area (Å²) in [6.07, 6.45) is 0. The first-order valence-corrected chi connectivity index (χ1v) is 8.97. The maximum atomic E-state index is 13.1. The third-order valence-electron chi connectivity index (χ3n) is 4.53. The smallest absolute Gasteiger partial charge is 0.332 e. The van der Waals surface area contributed by atoms with E-state index in [1.807, 2.05) is 18.2 Å². The van der Waals surface area contributed by atoms with E-state index in [0.29, 0.717) is 16.3 Å². The van der Waals surface area contributed by atoms with Gasteiger partial charge >= 0.3 is 11.7 Å². The number of para-hydroxylation sites is 1. The highest BCUT2D eigenvalue weighted by Gasteiger charge is 2.19. The van der Waals surface area contributed by atoms with Crippen LogP contribution in [0.15, 0.2) is 64.2 Å². The van der Waals surface area contributed by atoms with Crippen molar-refractivity contribution in [3.05, 3.63) is 86.0 Å². The summed E-state index contributed by atoms with van der Waals surface area (Å²) >= 11 is 5.91. The van der Waals surface area contributed by atoms with Gasteiger partial charge in [-0.25, -0.2) is 4.79 Å². The van der Waals surface area contributed by atoms with Gasteiger partial charge in [0.05, 0.1) is 6.54 Å². The summed E-state index contributed by atoms with van der Waals surface area (Å²) < 4.78 is 9.88. The molecular weight excluding hydrogens is 380 g/mol. The SMILES string of the molecule is Cn1c(Oc2ccccc2)nc2c1c(=O)n(Cc1ccc(Cl)cc1)c(=O)n2C. The van der Waals surface area contributed by atoms with Crippen molar-refractivity contribution in [2.75, 3.05) is 0 Å². The summed E-state index contributed by atoms with van der Waals surface area (Å²) in [5.41, 5.74) is 0.492. The maximum absolute atomic E-state index is 13.1. The van der Waals surface area contributed by atoms with Crippen molar-refractivity contribution >= 4 is 22.8 Å². The van der Waals surface area contributed by atoms with Crippen LogP contribution in [0.25, 0.3) is 11.2 Å². The van der Waals surface area contributed by atoms with Crippen molar-refractivity contribution in [3.8, 4) is 11.8 Å². The van der Waals surface area contributed by atoms with E-state index in [2.05, 4.69) is 4.98 Å². The van der Waals surface area contributed by atoms with E-state index < -0.39 is 11.2 Å². The molecule has 0 amide bonds. The Morgan fingerprint density at radius 1 is 0.964 bits per heavy atom. The number of hydrogen-bond donors (Lipinski definition) is 0. The molecule has 2 aromatic heterocycles. The molecule has 0 unspecified atom stereocenters. The lowest BCUT2D eigenvalue weighted by molar-refractivity contribution is 0.427. The van der Waals surface area contributed by atoms with Crippen LogP contribution >= 0.6 is 11.6 Å². The fraction of sp³-hybridized carbons (Fsp3) is 0.150. The molecule has 28 heavy (non-hydrogen) atoms. The van der Waals surface area contributed by atoms with Crippen LogP contribution in [0.5, 0.6) is 11.8 Å². The van der Waals surface area contributed by atoms with Gasteiger partial charge in [0.15, 0.2) is 11.2 Å². The van der Waals surface area contributed by atoms with Crippen LogP contribution in [0.1, 0.15) is 5.56 Å². The first-order chi connectivity index (χ1) is 13.5. The van der Waals surface area contributed by atoms with Crippen LogP contribution in [0.4, 0.5) is 0 Å². The number of hydrogen-bond acceptors (Lipinski definition) is 4. The van der Waals surface area contributed by atoms with Gasteiger partial charge in [0, 0.05) is 19.1 Å². The Hall–Kier alpha value is -3.32. The molecule has 8 heteroatoms. The van der Waals surface area contributed by atoms with E-state index in [4.69, 9.17) is 16.3 Å². The summed E-state index contributed by atoms with van der Waals surface area (Å²) in [7, 11) is 3.27. The number of rotatable bonds is 4. The molecule has 0 spiro atoms. The van der Waals surface area contributed by atoms with Gasteiger partial charge in [0.2, 0.25) is 0 Å². The van der Waals surface area contributed by atoms with Crippen molar-refractivity contribution in [2.24, 2.45) is 14.1 Å². The molecule has 0 fully saturated rings. The number of ether oxygens (including phenoxy) is 1. The van der Waals surface area contributed by atoms with Gasteiger partial charge in [-0.2, -0.15) is 4.98 Å². The van der Waals surface area contributed by atoms with E-state index in [1.165, 1.54) is 9.13 Å². The lowest BCUT2D eigenvalue weighted by Gasteiger charge is -2.09. The third-order valence-corrected chi connectivity index (χ3v) is 4.78. The van der Waals surface area contributed by atoms with Crippen molar-refractivity contribution in [1.82, 2.24) is 18.7 Å². The number of fused-ring (bicyclic) bond motifs is 1. The first kappa shape index (κ1) is 18.1. The molecule has 0 atom stereocenters. The van der Waals surface area contributed by atoms with E-state index >= 15 is 0 Å². The normalized spacial score (nSPS) is 11.1. The number of aryl methyl sites for hydroxylation is 2. The molecule has 0 bridgehead atoms. The molecule has 0 saturated carbocycles. The Morgan fingerprint density at radius 3 is 2.32 bits per heavy atom.